The van der Waals surface area contributed by atoms with Crippen LogP contribution in [0.3, 0.4) is 0 Å². The van der Waals surface area contributed by atoms with Gasteiger partial charge in [-0.1, -0.05) is 31.9 Å². The van der Waals surface area contributed by atoms with Gasteiger partial charge in [-0.3, -0.25) is 4.79 Å². The zero-order valence-electron chi connectivity index (χ0n) is 8.78. The van der Waals surface area contributed by atoms with Gasteiger partial charge in [0.25, 0.3) is 0 Å². The van der Waals surface area contributed by atoms with Gasteiger partial charge < -0.3 is 4.74 Å². The summed E-state index contributed by atoms with van der Waals surface area (Å²) in [5.41, 5.74) is 0. The summed E-state index contributed by atoms with van der Waals surface area (Å²) in [7, 11) is 0. The van der Waals surface area contributed by atoms with Crippen molar-refractivity contribution in [1.29, 1.82) is 0 Å². The number of hydrogen-bond acceptors (Lipinski definition) is 2. The van der Waals surface area contributed by atoms with Crippen LogP contribution in [0.15, 0.2) is 0 Å². The zero-order valence-corrected chi connectivity index (χ0v) is 12.0. The second-order valence-corrected chi connectivity index (χ2v) is 5.02. The lowest BCUT2D eigenvalue weighted by atomic mass is 10.0. The van der Waals surface area contributed by atoms with Crippen molar-refractivity contribution in [2.75, 3.05) is 6.61 Å². The summed E-state index contributed by atoms with van der Waals surface area (Å²) in [5, 5.41) is -1.28. The number of rotatable bonds is 5. The summed E-state index contributed by atoms with van der Waals surface area (Å²) in [6, 6.07) is 0. The number of hydrogen-bond donors (Lipinski definition) is 0. The molecule has 0 amide bonds. The van der Waals surface area contributed by atoms with Crippen LogP contribution in [0.1, 0.15) is 6.92 Å². The summed E-state index contributed by atoms with van der Waals surface area (Å²) in [5.74, 6) is -6.08. The van der Waals surface area contributed by atoms with E-state index >= 15 is 0 Å². The van der Waals surface area contributed by atoms with E-state index < -0.39 is 33.9 Å². The Morgan fingerprint density at radius 2 is 1.50 bits per heavy atom. The van der Waals surface area contributed by atoms with Gasteiger partial charge in [0.15, 0.2) is 5.78 Å². The van der Waals surface area contributed by atoms with Crippen molar-refractivity contribution in [3.05, 3.63) is 0 Å². The lowest BCUT2D eigenvalue weighted by Crippen LogP contribution is -2.47. The molecule has 0 radical (unpaired) electrons. The number of Topliss-reactive ketones (excluding diaryl/α,β-unsaturated/α-hetero) is 1. The summed E-state index contributed by atoms with van der Waals surface area (Å²) in [6.07, 6.45) is -11.4. The molecule has 0 aromatic rings. The highest BCUT2D eigenvalue weighted by molar-refractivity contribution is 9.12. The molecule has 0 aromatic heterocycles. The fraction of sp³-hybridized carbons (Fsp3) is 0.875. The number of alkyl halides is 8. The highest BCUT2D eigenvalue weighted by Gasteiger charge is 2.62. The van der Waals surface area contributed by atoms with Gasteiger partial charge in [0.1, 0.15) is 9.84 Å². The van der Waals surface area contributed by atoms with Crippen molar-refractivity contribution in [2.45, 2.75) is 29.1 Å². The number of ether oxygens (including phenoxy) is 1. The summed E-state index contributed by atoms with van der Waals surface area (Å²) < 4.78 is 78.3. The van der Waals surface area contributed by atoms with E-state index in [1.807, 2.05) is 0 Å². The van der Waals surface area contributed by atoms with Crippen LogP contribution in [0.25, 0.3) is 0 Å². The standard InChI is InChI=1S/C8H8Br2F6O2/c1-2-18-6(10)3(9)4(17)5(7(11,12)13)8(14,15)16/h3,5-6H,2H2,1H3/t3-,6-/m1/s1. The maximum atomic E-state index is 12.3. The van der Waals surface area contributed by atoms with Crippen LogP contribution in [-0.4, -0.2) is 34.6 Å². The monoisotopic (exact) mass is 408 g/mol. The van der Waals surface area contributed by atoms with Crippen LogP contribution in [-0.2, 0) is 9.53 Å². The maximum Gasteiger partial charge on any atom is 0.407 e. The van der Waals surface area contributed by atoms with Gasteiger partial charge in [-0.2, -0.15) is 26.3 Å². The Kier molecular flexibility index (Phi) is 6.62. The van der Waals surface area contributed by atoms with E-state index in [2.05, 4.69) is 31.9 Å². The summed E-state index contributed by atoms with van der Waals surface area (Å²) in [4.78, 5) is 9.50. The molecule has 0 rings (SSSR count). The Bertz CT molecular complexity index is 276. The third kappa shape index (κ3) is 5.04. The molecule has 2 atom stereocenters. The van der Waals surface area contributed by atoms with Gasteiger partial charge in [0.2, 0.25) is 5.92 Å². The molecule has 18 heavy (non-hydrogen) atoms. The Balaban J connectivity index is 5.11. The smallest absolute Gasteiger partial charge is 0.366 e. The largest absolute Gasteiger partial charge is 0.407 e. The minimum atomic E-state index is -5.69. The Hall–Kier alpha value is 0.170. The van der Waals surface area contributed by atoms with Crippen molar-refractivity contribution in [1.82, 2.24) is 0 Å². The molecule has 0 N–H and O–H groups in total. The SMILES string of the molecule is CCO[C@@H](Br)[C@H](Br)C(=O)C(C(F)(F)F)C(F)(F)F. The van der Waals surface area contributed by atoms with Crippen LogP contribution in [0, 0.1) is 5.92 Å². The summed E-state index contributed by atoms with van der Waals surface area (Å²) >= 11 is 5.16. The average molecular weight is 410 g/mol. The number of halogens is 8. The van der Waals surface area contributed by atoms with Crippen LogP contribution in [0.4, 0.5) is 26.3 Å². The molecular formula is C8H8Br2F6O2. The molecule has 0 spiro atoms. The fourth-order valence-electron chi connectivity index (χ4n) is 1.04. The molecule has 0 aliphatic carbocycles. The minimum Gasteiger partial charge on any atom is -0.366 e. The number of ketones is 1. The van der Waals surface area contributed by atoms with Crippen molar-refractivity contribution in [2.24, 2.45) is 5.92 Å². The van der Waals surface area contributed by atoms with Gasteiger partial charge in [0, 0.05) is 6.61 Å². The first-order valence-electron chi connectivity index (χ1n) is 4.49. The van der Waals surface area contributed by atoms with Gasteiger partial charge in [-0.25, -0.2) is 0 Å². The molecule has 0 heterocycles. The maximum absolute atomic E-state index is 12.3. The second kappa shape index (κ2) is 6.56. The van der Waals surface area contributed by atoms with E-state index in [-0.39, 0.29) is 6.61 Å². The predicted octanol–water partition coefficient (Wildman–Crippen LogP) is 3.82. The minimum absolute atomic E-state index is 0.0218. The van der Waals surface area contributed by atoms with Gasteiger partial charge in [-0.05, 0) is 6.92 Å². The molecule has 108 valence electrons. The van der Waals surface area contributed by atoms with Gasteiger partial charge in [0.05, 0.1) is 0 Å². The van der Waals surface area contributed by atoms with Crippen LogP contribution in [0.2, 0.25) is 0 Å². The van der Waals surface area contributed by atoms with E-state index in [9.17, 15) is 31.1 Å². The van der Waals surface area contributed by atoms with Crippen molar-refractivity contribution >= 4 is 37.6 Å². The van der Waals surface area contributed by atoms with E-state index in [4.69, 9.17) is 4.74 Å². The highest BCUT2D eigenvalue weighted by atomic mass is 79.9. The quantitative estimate of drug-likeness (QED) is 0.509. The Morgan fingerprint density at radius 3 is 1.78 bits per heavy atom. The normalized spacial score (nSPS) is 16.8. The highest BCUT2D eigenvalue weighted by Crippen LogP contribution is 2.41. The second-order valence-electron chi connectivity index (χ2n) is 3.13. The van der Waals surface area contributed by atoms with Crippen molar-refractivity contribution < 1.29 is 35.9 Å². The molecule has 0 aromatic carbocycles. The van der Waals surface area contributed by atoms with Crippen LogP contribution < -0.4 is 0 Å². The molecule has 0 saturated carbocycles. The molecule has 2 nitrogen and oxygen atoms in total. The molecule has 0 saturated heterocycles. The molecule has 0 unspecified atom stereocenters. The Labute approximate surface area is 115 Å². The molecule has 10 heteroatoms. The molecule has 0 aliphatic heterocycles. The summed E-state index contributed by atoms with van der Waals surface area (Å²) in [6.45, 7) is 1.50. The van der Waals surface area contributed by atoms with Gasteiger partial charge in [-0.15, -0.1) is 0 Å². The molecule has 0 bridgehead atoms. The van der Waals surface area contributed by atoms with E-state index in [1.54, 1.807) is 0 Å². The van der Waals surface area contributed by atoms with E-state index in [0.29, 0.717) is 0 Å². The predicted molar refractivity (Wildman–Crippen MR) is 57.7 cm³/mol. The first-order valence-corrected chi connectivity index (χ1v) is 6.33. The lowest BCUT2D eigenvalue weighted by Gasteiger charge is -2.25. The molecule has 0 aliphatic rings. The molecule has 0 fully saturated rings. The van der Waals surface area contributed by atoms with Crippen molar-refractivity contribution in [3.63, 3.8) is 0 Å². The average Bonchev–Trinajstić information content (AvgIpc) is 2.12. The van der Waals surface area contributed by atoms with E-state index in [0.717, 1.165) is 0 Å². The number of carbonyl (C=O) groups excluding carboxylic acids is 1. The number of carbonyl (C=O) groups is 1. The topological polar surface area (TPSA) is 26.3 Å². The lowest BCUT2D eigenvalue weighted by molar-refractivity contribution is -0.273. The van der Waals surface area contributed by atoms with Crippen LogP contribution in [0.5, 0.6) is 0 Å². The zero-order chi connectivity index (χ0) is 14.7. The fourth-order valence-corrected chi connectivity index (χ4v) is 1.98. The Morgan fingerprint density at radius 1 is 1.11 bits per heavy atom. The third-order valence-electron chi connectivity index (χ3n) is 1.77. The van der Waals surface area contributed by atoms with E-state index in [1.165, 1.54) is 6.92 Å². The molecular weight excluding hydrogens is 402 g/mol. The first kappa shape index (κ1) is 18.2. The first-order chi connectivity index (χ1) is 7.92. The van der Waals surface area contributed by atoms with Crippen LogP contribution >= 0.6 is 31.9 Å². The van der Waals surface area contributed by atoms with Gasteiger partial charge >= 0.3 is 12.4 Å². The van der Waals surface area contributed by atoms with Crippen molar-refractivity contribution in [3.8, 4) is 0 Å². The third-order valence-corrected chi connectivity index (χ3v) is 4.20.